The van der Waals surface area contributed by atoms with Gasteiger partial charge >= 0.3 is 0 Å². The molecule has 1 atom stereocenters. The number of halogens is 2. The van der Waals surface area contributed by atoms with Gasteiger partial charge in [0.1, 0.15) is 11.4 Å². The number of aromatic amines is 1. The van der Waals surface area contributed by atoms with Crippen LogP contribution in [-0.4, -0.2) is 16.9 Å². The van der Waals surface area contributed by atoms with Gasteiger partial charge in [-0.3, -0.25) is 9.59 Å². The van der Waals surface area contributed by atoms with Crippen LogP contribution in [0.3, 0.4) is 0 Å². The third kappa shape index (κ3) is 2.36. The highest BCUT2D eigenvalue weighted by Gasteiger charge is 2.40. The average molecular weight is 331 g/mol. The molecule has 1 aliphatic rings. The molecule has 0 spiro atoms. The molecule has 0 amide bonds. The average Bonchev–Trinajstić information content (AvgIpc) is 3.13. The van der Waals surface area contributed by atoms with Gasteiger partial charge < -0.3 is 15.6 Å². The van der Waals surface area contributed by atoms with E-state index in [4.69, 9.17) is 0 Å². The van der Waals surface area contributed by atoms with Crippen LogP contribution < -0.4 is 21.5 Å². The maximum Gasteiger partial charge on any atom is 0.253 e. The topological polar surface area (TPSA) is 74.0 Å². The van der Waals surface area contributed by atoms with Crippen molar-refractivity contribution >= 4 is 28.0 Å². The quantitative estimate of drug-likeness (QED) is 0.642. The van der Waals surface area contributed by atoms with Crippen LogP contribution in [0.5, 0.6) is 0 Å². The number of para-hydroxylation sites is 1. The summed E-state index contributed by atoms with van der Waals surface area (Å²) in [5.74, 6) is -2.71. The van der Waals surface area contributed by atoms with E-state index in [0.717, 1.165) is 10.9 Å². The van der Waals surface area contributed by atoms with E-state index in [9.17, 15) is 18.4 Å². The normalized spacial score (nSPS) is 19.8. The molecule has 1 heterocycles. The zero-order chi connectivity index (χ0) is 16.9. The zero-order valence-electron chi connectivity index (χ0n) is 12.7. The Morgan fingerprint density at radius 2 is 1.88 bits per heavy atom. The standard InChI is InChI=1S/C17H15F2N3O2/c18-17(19)6-5-9(7-17)21-13-14(16(24)15(13)23)22-12-8-20-11-4-2-1-3-10(11)12/h1-4,8-9,20-22H,5-7H2. The van der Waals surface area contributed by atoms with Crippen LogP contribution in [-0.2, 0) is 0 Å². The third-order valence-electron chi connectivity index (χ3n) is 4.51. The SMILES string of the molecule is O=c1c(Nc2c[nH]c3ccccc23)c(NC2CCC(F)(F)C2)c1=O. The van der Waals surface area contributed by atoms with Crippen LogP contribution in [0.15, 0.2) is 40.1 Å². The van der Waals surface area contributed by atoms with Gasteiger partial charge in [-0.15, -0.1) is 0 Å². The van der Waals surface area contributed by atoms with Crippen molar-refractivity contribution in [2.45, 2.75) is 31.2 Å². The number of fused-ring (bicyclic) bond motifs is 1. The second-order valence-corrected chi connectivity index (χ2v) is 6.22. The lowest BCUT2D eigenvalue weighted by Gasteiger charge is -2.19. The number of benzene rings is 1. The maximum absolute atomic E-state index is 13.3. The van der Waals surface area contributed by atoms with Gasteiger partial charge in [-0.2, -0.15) is 0 Å². The van der Waals surface area contributed by atoms with Gasteiger partial charge in [-0.05, 0) is 12.5 Å². The summed E-state index contributed by atoms with van der Waals surface area (Å²) >= 11 is 0. The first-order valence-electron chi connectivity index (χ1n) is 7.75. The van der Waals surface area contributed by atoms with E-state index in [1.54, 1.807) is 6.20 Å². The second-order valence-electron chi connectivity index (χ2n) is 6.22. The van der Waals surface area contributed by atoms with Crippen molar-refractivity contribution in [1.29, 1.82) is 0 Å². The summed E-state index contributed by atoms with van der Waals surface area (Å²) in [6.07, 6.45) is 1.46. The van der Waals surface area contributed by atoms with E-state index in [-0.39, 0.29) is 30.6 Å². The number of anilines is 3. The molecule has 124 valence electrons. The molecule has 1 fully saturated rings. The number of hydrogen-bond acceptors (Lipinski definition) is 4. The van der Waals surface area contributed by atoms with Gasteiger partial charge in [0.05, 0.1) is 5.69 Å². The zero-order valence-corrected chi connectivity index (χ0v) is 12.7. The second kappa shape index (κ2) is 5.15. The summed E-state index contributed by atoms with van der Waals surface area (Å²) in [6.45, 7) is 0. The predicted octanol–water partition coefficient (Wildman–Crippen LogP) is 3.11. The van der Waals surface area contributed by atoms with E-state index in [1.807, 2.05) is 24.3 Å². The highest BCUT2D eigenvalue weighted by atomic mass is 19.3. The van der Waals surface area contributed by atoms with Crippen LogP contribution in [0.2, 0.25) is 0 Å². The summed E-state index contributed by atoms with van der Waals surface area (Å²) in [4.78, 5) is 26.7. The number of alkyl halides is 2. The summed E-state index contributed by atoms with van der Waals surface area (Å²) < 4.78 is 26.6. The van der Waals surface area contributed by atoms with Crippen molar-refractivity contribution < 1.29 is 8.78 Å². The van der Waals surface area contributed by atoms with E-state index in [0.29, 0.717) is 5.69 Å². The first-order valence-corrected chi connectivity index (χ1v) is 7.75. The Morgan fingerprint density at radius 1 is 1.12 bits per heavy atom. The molecule has 7 heteroatoms. The Labute approximate surface area is 135 Å². The minimum Gasteiger partial charge on any atom is -0.377 e. The molecular formula is C17H15F2N3O2. The Morgan fingerprint density at radius 3 is 2.62 bits per heavy atom. The number of H-pyrrole nitrogens is 1. The van der Waals surface area contributed by atoms with Crippen molar-refractivity contribution in [2.75, 3.05) is 10.6 Å². The van der Waals surface area contributed by atoms with Gasteiger partial charge in [0.15, 0.2) is 0 Å². The van der Waals surface area contributed by atoms with Crippen molar-refractivity contribution in [3.05, 3.63) is 50.9 Å². The Kier molecular flexibility index (Phi) is 3.19. The van der Waals surface area contributed by atoms with Gasteiger partial charge in [-0.25, -0.2) is 8.78 Å². The number of aromatic nitrogens is 1. The molecule has 24 heavy (non-hydrogen) atoms. The van der Waals surface area contributed by atoms with E-state index < -0.39 is 22.8 Å². The minimum absolute atomic E-state index is 0.105. The fourth-order valence-corrected chi connectivity index (χ4v) is 3.24. The Balaban J connectivity index is 1.60. The van der Waals surface area contributed by atoms with Gasteiger partial charge in [0.25, 0.3) is 10.9 Å². The fraction of sp³-hybridized carbons (Fsp3) is 0.294. The smallest absolute Gasteiger partial charge is 0.253 e. The summed E-state index contributed by atoms with van der Waals surface area (Å²) in [5, 5.41) is 6.65. The van der Waals surface area contributed by atoms with E-state index in [2.05, 4.69) is 15.6 Å². The molecule has 1 saturated carbocycles. The van der Waals surface area contributed by atoms with Crippen LogP contribution in [0, 0.1) is 0 Å². The molecule has 1 unspecified atom stereocenters. The van der Waals surface area contributed by atoms with Crippen LogP contribution >= 0.6 is 0 Å². The Hall–Kier alpha value is -2.70. The molecule has 3 aromatic rings. The lowest BCUT2D eigenvalue weighted by Crippen LogP contribution is -2.38. The molecular weight excluding hydrogens is 316 g/mol. The molecule has 2 aromatic carbocycles. The first-order chi connectivity index (χ1) is 11.4. The molecule has 0 aliphatic heterocycles. The highest BCUT2D eigenvalue weighted by Crippen LogP contribution is 2.37. The Bertz CT molecular complexity index is 985. The highest BCUT2D eigenvalue weighted by molar-refractivity contribution is 5.95. The molecule has 4 rings (SSSR count). The third-order valence-corrected chi connectivity index (χ3v) is 4.51. The summed E-state index contributed by atoms with van der Waals surface area (Å²) in [7, 11) is 0. The van der Waals surface area contributed by atoms with Crippen molar-refractivity contribution in [3.63, 3.8) is 0 Å². The van der Waals surface area contributed by atoms with Gasteiger partial charge in [0.2, 0.25) is 5.92 Å². The van der Waals surface area contributed by atoms with Crippen molar-refractivity contribution in [1.82, 2.24) is 4.98 Å². The molecule has 3 N–H and O–H groups in total. The van der Waals surface area contributed by atoms with Gasteiger partial charge in [0, 0.05) is 36.0 Å². The first kappa shape index (κ1) is 14.9. The lowest BCUT2D eigenvalue weighted by atomic mass is 10.1. The van der Waals surface area contributed by atoms with Crippen LogP contribution in [0.1, 0.15) is 19.3 Å². The van der Waals surface area contributed by atoms with Gasteiger partial charge in [-0.1, -0.05) is 18.2 Å². The molecule has 0 radical (unpaired) electrons. The number of hydrogen-bond donors (Lipinski definition) is 3. The molecule has 0 saturated heterocycles. The monoisotopic (exact) mass is 331 g/mol. The van der Waals surface area contributed by atoms with Crippen LogP contribution in [0.25, 0.3) is 10.9 Å². The summed E-state index contributed by atoms with van der Waals surface area (Å²) in [6, 6.07) is 7.02. The number of rotatable bonds is 4. The predicted molar refractivity (Wildman–Crippen MR) is 89.1 cm³/mol. The molecule has 1 aliphatic carbocycles. The minimum atomic E-state index is -2.71. The molecule has 5 nitrogen and oxygen atoms in total. The van der Waals surface area contributed by atoms with E-state index >= 15 is 0 Å². The van der Waals surface area contributed by atoms with E-state index in [1.165, 1.54) is 0 Å². The summed E-state index contributed by atoms with van der Waals surface area (Å²) in [5.41, 5.74) is 0.509. The molecule has 1 aromatic heterocycles. The largest absolute Gasteiger partial charge is 0.377 e. The molecule has 0 bridgehead atoms. The number of nitrogens with one attached hydrogen (secondary N) is 3. The fourth-order valence-electron chi connectivity index (χ4n) is 3.24. The van der Waals surface area contributed by atoms with Crippen molar-refractivity contribution in [2.24, 2.45) is 0 Å². The lowest BCUT2D eigenvalue weighted by molar-refractivity contribution is 0.00852. The van der Waals surface area contributed by atoms with Crippen LogP contribution in [0.4, 0.5) is 25.8 Å². The van der Waals surface area contributed by atoms with Crippen molar-refractivity contribution in [3.8, 4) is 0 Å². The maximum atomic E-state index is 13.3.